The van der Waals surface area contributed by atoms with E-state index in [0.717, 1.165) is 11.1 Å². The standard InChI is InChI=1S/C14H15FN2O/c15-12-5-13(16)7-14(6-12)17-8-10-1-3-11(9-18)4-2-10/h1-7,17-18H,8-9,16H2. The van der Waals surface area contributed by atoms with Crippen LogP contribution in [0.3, 0.4) is 0 Å². The van der Waals surface area contributed by atoms with E-state index in [1.54, 1.807) is 6.07 Å². The van der Waals surface area contributed by atoms with Crippen molar-refractivity contribution in [2.75, 3.05) is 11.1 Å². The molecule has 0 aliphatic heterocycles. The summed E-state index contributed by atoms with van der Waals surface area (Å²) < 4.78 is 13.1. The van der Waals surface area contributed by atoms with Gasteiger partial charge in [-0.15, -0.1) is 0 Å². The Morgan fingerprint density at radius 2 is 1.72 bits per heavy atom. The normalized spacial score (nSPS) is 10.3. The molecule has 2 aromatic rings. The van der Waals surface area contributed by atoms with Crippen LogP contribution in [-0.2, 0) is 13.2 Å². The molecule has 0 spiro atoms. The molecule has 94 valence electrons. The van der Waals surface area contributed by atoms with Crippen LogP contribution in [0.5, 0.6) is 0 Å². The zero-order valence-electron chi connectivity index (χ0n) is 9.86. The van der Waals surface area contributed by atoms with Gasteiger partial charge in [-0.05, 0) is 29.3 Å². The van der Waals surface area contributed by atoms with E-state index >= 15 is 0 Å². The Balaban J connectivity index is 2.01. The quantitative estimate of drug-likeness (QED) is 0.726. The molecule has 0 aliphatic carbocycles. The molecule has 0 heterocycles. The third-order valence-electron chi connectivity index (χ3n) is 2.62. The van der Waals surface area contributed by atoms with E-state index in [1.807, 2.05) is 24.3 Å². The molecule has 0 amide bonds. The van der Waals surface area contributed by atoms with Gasteiger partial charge in [-0.2, -0.15) is 0 Å². The van der Waals surface area contributed by atoms with Crippen molar-refractivity contribution in [3.63, 3.8) is 0 Å². The van der Waals surface area contributed by atoms with Gasteiger partial charge < -0.3 is 16.2 Å². The molecule has 4 N–H and O–H groups in total. The number of rotatable bonds is 4. The molecule has 0 radical (unpaired) electrons. The fraction of sp³-hybridized carbons (Fsp3) is 0.143. The van der Waals surface area contributed by atoms with Crippen LogP contribution >= 0.6 is 0 Å². The van der Waals surface area contributed by atoms with E-state index in [-0.39, 0.29) is 12.4 Å². The van der Waals surface area contributed by atoms with Crippen LogP contribution in [0, 0.1) is 5.82 Å². The molecule has 0 bridgehead atoms. The molecule has 0 saturated heterocycles. The lowest BCUT2D eigenvalue weighted by Gasteiger charge is -2.08. The van der Waals surface area contributed by atoms with Gasteiger partial charge in [0, 0.05) is 17.9 Å². The predicted molar refractivity (Wildman–Crippen MR) is 70.5 cm³/mol. The fourth-order valence-corrected chi connectivity index (χ4v) is 1.68. The number of benzene rings is 2. The topological polar surface area (TPSA) is 58.3 Å². The third kappa shape index (κ3) is 3.21. The minimum atomic E-state index is -0.354. The zero-order chi connectivity index (χ0) is 13.0. The van der Waals surface area contributed by atoms with Gasteiger partial charge in [0.2, 0.25) is 0 Å². The first-order chi connectivity index (χ1) is 8.67. The number of aliphatic hydroxyl groups is 1. The summed E-state index contributed by atoms with van der Waals surface area (Å²) in [6.07, 6.45) is 0. The summed E-state index contributed by atoms with van der Waals surface area (Å²) in [4.78, 5) is 0. The molecule has 0 fully saturated rings. The average Bonchev–Trinajstić information content (AvgIpc) is 2.36. The van der Waals surface area contributed by atoms with E-state index in [4.69, 9.17) is 10.8 Å². The molecule has 0 saturated carbocycles. The number of aliphatic hydroxyl groups excluding tert-OH is 1. The Labute approximate surface area is 105 Å². The van der Waals surface area contributed by atoms with Crippen molar-refractivity contribution in [2.45, 2.75) is 13.2 Å². The second kappa shape index (κ2) is 5.51. The Bertz CT molecular complexity index is 506. The number of nitrogen functional groups attached to an aromatic ring is 1. The van der Waals surface area contributed by atoms with Gasteiger partial charge in [-0.3, -0.25) is 0 Å². The summed E-state index contributed by atoms with van der Waals surface area (Å²) in [5.74, 6) is -0.354. The van der Waals surface area contributed by atoms with Crippen LogP contribution in [0.15, 0.2) is 42.5 Å². The molecule has 0 aromatic heterocycles. The smallest absolute Gasteiger partial charge is 0.127 e. The van der Waals surface area contributed by atoms with Gasteiger partial charge in [0.15, 0.2) is 0 Å². The summed E-state index contributed by atoms with van der Waals surface area (Å²) in [5, 5.41) is 12.0. The molecule has 0 unspecified atom stereocenters. The average molecular weight is 246 g/mol. The molecular weight excluding hydrogens is 231 g/mol. The zero-order valence-corrected chi connectivity index (χ0v) is 9.86. The lowest BCUT2D eigenvalue weighted by Crippen LogP contribution is -2.01. The number of hydrogen-bond donors (Lipinski definition) is 3. The van der Waals surface area contributed by atoms with Crippen molar-refractivity contribution in [2.24, 2.45) is 0 Å². The van der Waals surface area contributed by atoms with E-state index in [2.05, 4.69) is 5.32 Å². The maximum atomic E-state index is 13.1. The van der Waals surface area contributed by atoms with E-state index in [0.29, 0.717) is 17.9 Å². The number of nitrogens with two attached hydrogens (primary N) is 1. The van der Waals surface area contributed by atoms with Crippen LogP contribution in [0.1, 0.15) is 11.1 Å². The van der Waals surface area contributed by atoms with Gasteiger partial charge in [0.1, 0.15) is 5.82 Å². The number of halogens is 1. The van der Waals surface area contributed by atoms with Crippen LogP contribution in [0.4, 0.5) is 15.8 Å². The molecule has 0 aliphatic rings. The summed E-state index contributed by atoms with van der Waals surface area (Å²) in [6, 6.07) is 11.9. The Kier molecular flexibility index (Phi) is 3.79. The summed E-state index contributed by atoms with van der Waals surface area (Å²) in [7, 11) is 0. The van der Waals surface area contributed by atoms with E-state index < -0.39 is 0 Å². The van der Waals surface area contributed by atoms with Crippen molar-refractivity contribution >= 4 is 11.4 Å². The molecule has 2 aromatic carbocycles. The summed E-state index contributed by atoms with van der Waals surface area (Å²) >= 11 is 0. The van der Waals surface area contributed by atoms with Gasteiger partial charge in [0.25, 0.3) is 0 Å². The first-order valence-electron chi connectivity index (χ1n) is 5.66. The highest BCUT2D eigenvalue weighted by molar-refractivity contribution is 5.54. The Hall–Kier alpha value is -2.07. The molecule has 2 rings (SSSR count). The molecule has 3 nitrogen and oxygen atoms in total. The monoisotopic (exact) mass is 246 g/mol. The van der Waals surface area contributed by atoms with Crippen molar-refractivity contribution in [3.05, 3.63) is 59.4 Å². The predicted octanol–water partition coefficient (Wildman–Crippen LogP) is 2.51. The van der Waals surface area contributed by atoms with Crippen molar-refractivity contribution in [1.29, 1.82) is 0 Å². The summed E-state index contributed by atoms with van der Waals surface area (Å²) in [5.41, 5.74) is 8.53. The van der Waals surface area contributed by atoms with Crippen molar-refractivity contribution in [1.82, 2.24) is 0 Å². The second-order valence-corrected chi connectivity index (χ2v) is 4.10. The van der Waals surface area contributed by atoms with Crippen LogP contribution in [-0.4, -0.2) is 5.11 Å². The highest BCUT2D eigenvalue weighted by Gasteiger charge is 1.99. The Morgan fingerprint density at radius 3 is 2.33 bits per heavy atom. The molecule has 18 heavy (non-hydrogen) atoms. The van der Waals surface area contributed by atoms with Gasteiger partial charge in [0.05, 0.1) is 6.61 Å². The molecular formula is C14H15FN2O. The maximum absolute atomic E-state index is 13.1. The molecule has 4 heteroatoms. The maximum Gasteiger partial charge on any atom is 0.127 e. The minimum absolute atomic E-state index is 0.0359. The van der Waals surface area contributed by atoms with Gasteiger partial charge in [-0.25, -0.2) is 4.39 Å². The minimum Gasteiger partial charge on any atom is -0.399 e. The first-order valence-corrected chi connectivity index (χ1v) is 5.66. The largest absolute Gasteiger partial charge is 0.399 e. The lowest BCUT2D eigenvalue weighted by atomic mass is 10.1. The van der Waals surface area contributed by atoms with Gasteiger partial charge >= 0.3 is 0 Å². The number of hydrogen-bond acceptors (Lipinski definition) is 3. The highest BCUT2D eigenvalue weighted by atomic mass is 19.1. The lowest BCUT2D eigenvalue weighted by molar-refractivity contribution is 0.282. The number of anilines is 2. The van der Waals surface area contributed by atoms with E-state index in [9.17, 15) is 4.39 Å². The highest BCUT2D eigenvalue weighted by Crippen LogP contribution is 2.16. The van der Waals surface area contributed by atoms with Crippen molar-refractivity contribution < 1.29 is 9.50 Å². The second-order valence-electron chi connectivity index (χ2n) is 4.10. The van der Waals surface area contributed by atoms with Crippen LogP contribution in [0.2, 0.25) is 0 Å². The SMILES string of the molecule is Nc1cc(F)cc(NCc2ccc(CO)cc2)c1. The van der Waals surface area contributed by atoms with Crippen molar-refractivity contribution in [3.8, 4) is 0 Å². The van der Waals surface area contributed by atoms with Crippen LogP contribution < -0.4 is 11.1 Å². The number of nitrogens with one attached hydrogen (secondary N) is 1. The van der Waals surface area contributed by atoms with E-state index in [1.165, 1.54) is 12.1 Å². The Morgan fingerprint density at radius 1 is 1.06 bits per heavy atom. The summed E-state index contributed by atoms with van der Waals surface area (Å²) in [6.45, 7) is 0.614. The van der Waals surface area contributed by atoms with Gasteiger partial charge in [-0.1, -0.05) is 24.3 Å². The molecule has 0 atom stereocenters. The van der Waals surface area contributed by atoms with Crippen LogP contribution in [0.25, 0.3) is 0 Å². The first kappa shape index (κ1) is 12.4. The third-order valence-corrected chi connectivity index (χ3v) is 2.62. The fourth-order valence-electron chi connectivity index (χ4n) is 1.68.